The van der Waals surface area contributed by atoms with Gasteiger partial charge >= 0.3 is 16.1 Å². The number of hydrogen-bond donors (Lipinski definition) is 16. The van der Waals surface area contributed by atoms with E-state index in [1.165, 1.54) is 11.1 Å². The van der Waals surface area contributed by atoms with Crippen molar-refractivity contribution in [2.75, 3.05) is 59.3 Å². The molecule has 4 saturated heterocycles. The Hall–Kier alpha value is -5.50. The molecule has 36 nitrogen and oxygen atoms in total. The molecule has 574 valence electrons. The first-order valence-electron chi connectivity index (χ1n) is 32.9. The highest BCUT2D eigenvalue weighted by Gasteiger charge is 2.53. The molecule has 4 aliphatic heterocycles. The lowest BCUT2D eigenvalue weighted by Gasteiger charge is -2.46. The second kappa shape index (κ2) is 44.0. The molecule has 0 saturated carbocycles. The predicted molar refractivity (Wildman–Crippen MR) is 348 cm³/mol. The smallest absolute Gasteiger partial charge is 0.488 e. The molecule has 8 rings (SSSR count). The van der Waals surface area contributed by atoms with Crippen molar-refractivity contribution < 1.29 is 155 Å². The summed E-state index contributed by atoms with van der Waals surface area (Å²) in [7, 11) is -7.88. The van der Waals surface area contributed by atoms with Gasteiger partial charge in [-0.25, -0.2) is 10.5 Å². The summed E-state index contributed by atoms with van der Waals surface area (Å²) in [6, 6.07) is 36.4. The van der Waals surface area contributed by atoms with Gasteiger partial charge in [0.15, 0.2) is 25.2 Å². The molecule has 17 N–H and O–H groups in total. The molecule has 4 aromatic rings. The third-order valence-electron chi connectivity index (χ3n) is 16.4. The van der Waals surface area contributed by atoms with Crippen LogP contribution < -0.4 is 26.7 Å². The fourth-order valence-corrected chi connectivity index (χ4v) is 12.1. The summed E-state index contributed by atoms with van der Waals surface area (Å²) in [5.41, 5.74) is 3.66. The van der Waals surface area contributed by atoms with Crippen LogP contribution in [0.1, 0.15) is 47.9 Å². The first-order valence-corrected chi connectivity index (χ1v) is 35.5. The van der Waals surface area contributed by atoms with Gasteiger partial charge in [0.2, 0.25) is 17.7 Å². The zero-order chi connectivity index (χ0) is 74.4. The monoisotopic (exact) mass is 1500 g/mol. The number of amides is 3. The van der Waals surface area contributed by atoms with E-state index in [0.29, 0.717) is 24.3 Å². The third kappa shape index (κ3) is 26.7. The number of aliphatic hydroxyl groups excluding tert-OH is 12. The minimum Gasteiger partial charge on any atom is -0.566 e. The standard InChI is InChI=1S/C51H78N4O31P2.C14H14O/c52-76-25-34(59)55-28(47(70)54-16-8-18-75-51-45(41(66)35(60)30(20-57)82-51)85-48-43(68)39(64)37(62)31(83-48)23-77-87(71)72)13-14-33(58)53-15-7-17-74-50-46(42(67)36(61)29(19-56)81-50)86-49-44(69)40(65)38(63)32(84-49)24-80-88(73,78-21-26-9-3-1-4-10-26)79-22-27-11-5-2-6-12-27;1-3-7-13(8-4-1)11-15-12-14-9-5-2-6-10-14/h1-6,9-12,28-32,35-46,48-51,56-57,60-69H,7-8,13-25,52H2,(H,53,58)(H,54,70)(H,55,59);1-10H,11-12H2/t28-,29?,30?,31?,32?,35-,36+,37-,38+,39+,40-,41+,42-,43?,44?,45?,46?,48-,49+,50-,51+;/m1./s1. The maximum absolute atomic E-state index is 14.0. The molecule has 0 radical (unpaired) electrons. The first-order chi connectivity index (χ1) is 49.5. The first kappa shape index (κ1) is 84.8. The Balaban J connectivity index is 0.000000870. The second-order valence-corrected chi connectivity index (χ2v) is 26.3. The highest BCUT2D eigenvalue weighted by atomic mass is 31.2. The molecule has 0 aromatic heterocycles. The Morgan fingerprint density at radius 3 is 1.32 bits per heavy atom. The van der Waals surface area contributed by atoms with Gasteiger partial charge in [0.1, 0.15) is 117 Å². The van der Waals surface area contributed by atoms with Crippen LogP contribution in [0.2, 0.25) is 0 Å². The SMILES string of the molecule is NOCC(=O)N[C@H](CCC(=O)NCCCO[C@@H]1OC(CO)[C@H](O)[C@@H](O)C1O[C@@H]1OC(COP(=O)(OCc2ccccc2)OCc2ccccc2)[C@H](O)[C@@H](O)C1O)C(=O)NCCCO[C@H]1OC(CO)[C@@H](O)[C@H](O)C1O[C@H]1OC(CO[P+](=O)[O-])[C@@H](O)[C@H](O)C1O.c1ccc(COCc2ccccc2)cc1. The highest BCUT2D eigenvalue weighted by Crippen LogP contribution is 2.51. The Labute approximate surface area is 592 Å². The maximum atomic E-state index is 14.0. The number of benzene rings is 4. The summed E-state index contributed by atoms with van der Waals surface area (Å²) in [5.74, 6) is 2.82. The lowest BCUT2D eigenvalue weighted by molar-refractivity contribution is -0.367. The number of ether oxygens (including phenoxy) is 9. The number of hydrogen-bond acceptors (Lipinski definition) is 33. The van der Waals surface area contributed by atoms with Crippen LogP contribution in [0.3, 0.4) is 0 Å². The summed E-state index contributed by atoms with van der Waals surface area (Å²) in [6.07, 6.45) is -36.1. The zero-order valence-corrected chi connectivity index (χ0v) is 57.5. The molecule has 4 aliphatic rings. The topological polar surface area (TPSA) is 543 Å². The highest BCUT2D eigenvalue weighted by molar-refractivity contribution is 7.48. The Morgan fingerprint density at radius 1 is 0.505 bits per heavy atom. The molecule has 103 heavy (non-hydrogen) atoms. The van der Waals surface area contributed by atoms with E-state index in [1.54, 1.807) is 60.7 Å². The minimum absolute atomic E-state index is 0.0155. The van der Waals surface area contributed by atoms with E-state index >= 15 is 0 Å². The normalized spacial score (nSPS) is 29.9. The van der Waals surface area contributed by atoms with Gasteiger partial charge < -0.3 is 125 Å². The van der Waals surface area contributed by atoms with Crippen LogP contribution in [-0.4, -0.2) is 267 Å². The number of nitrogens with two attached hydrogens (primary N) is 1. The van der Waals surface area contributed by atoms with Crippen molar-refractivity contribution in [3.8, 4) is 0 Å². The van der Waals surface area contributed by atoms with E-state index in [2.05, 4.69) is 49.6 Å². The molecule has 0 bridgehead atoms. The van der Waals surface area contributed by atoms with Gasteiger partial charge in [-0.15, -0.1) is 4.52 Å². The Kier molecular flexibility index (Phi) is 36.2. The molecule has 4 aromatic carbocycles. The predicted octanol–water partition coefficient (Wildman–Crippen LogP) is -3.55. The van der Waals surface area contributed by atoms with Crippen molar-refractivity contribution in [1.29, 1.82) is 0 Å². The van der Waals surface area contributed by atoms with Crippen molar-refractivity contribution in [2.45, 2.75) is 181 Å². The lowest BCUT2D eigenvalue weighted by Crippen LogP contribution is -2.64. The van der Waals surface area contributed by atoms with Crippen molar-refractivity contribution in [3.05, 3.63) is 144 Å². The van der Waals surface area contributed by atoms with E-state index < -0.39 is 196 Å². The zero-order valence-electron chi connectivity index (χ0n) is 55.7. The second-order valence-electron chi connectivity index (χ2n) is 23.9. The van der Waals surface area contributed by atoms with E-state index in [4.69, 9.17) is 62.1 Å². The summed E-state index contributed by atoms with van der Waals surface area (Å²) in [5, 5.41) is 135. The number of carbonyl (C=O) groups excluding carboxylic acids is 3. The number of aliphatic hydroxyl groups is 12. The van der Waals surface area contributed by atoms with E-state index in [-0.39, 0.29) is 65.2 Å². The van der Waals surface area contributed by atoms with Crippen LogP contribution in [0, 0.1) is 0 Å². The van der Waals surface area contributed by atoms with E-state index in [0.717, 1.165) is 0 Å². The molecule has 4 heterocycles. The summed E-state index contributed by atoms with van der Waals surface area (Å²) < 4.78 is 97.3. The largest absolute Gasteiger partial charge is 0.566 e. The van der Waals surface area contributed by atoms with Crippen LogP contribution in [0.25, 0.3) is 0 Å². The lowest BCUT2D eigenvalue weighted by atomic mass is 9.97. The number of nitrogens with one attached hydrogen (secondary N) is 3. The quantitative estimate of drug-likeness (QED) is 0.0117. The van der Waals surface area contributed by atoms with Gasteiger partial charge in [-0.1, -0.05) is 121 Å². The van der Waals surface area contributed by atoms with Crippen LogP contribution >= 0.6 is 16.1 Å². The molecule has 9 unspecified atom stereocenters. The van der Waals surface area contributed by atoms with E-state index in [1.807, 2.05) is 36.4 Å². The molecule has 38 heteroatoms. The number of rotatable bonds is 39. The minimum atomic E-state index is -4.47. The number of carbonyl (C=O) groups is 3. The summed E-state index contributed by atoms with van der Waals surface area (Å²) in [6.45, 7) is -3.72. The molecule has 0 spiro atoms. The summed E-state index contributed by atoms with van der Waals surface area (Å²) >= 11 is 0. The molecule has 3 amide bonds. The van der Waals surface area contributed by atoms with Gasteiger partial charge in [0.05, 0.1) is 59.5 Å². The third-order valence-corrected chi connectivity index (χ3v) is 18.1. The van der Waals surface area contributed by atoms with Crippen molar-refractivity contribution in [1.82, 2.24) is 16.0 Å². The fourth-order valence-electron chi connectivity index (χ4n) is 10.7. The van der Waals surface area contributed by atoms with Crippen molar-refractivity contribution in [2.24, 2.45) is 5.90 Å². The van der Waals surface area contributed by atoms with Gasteiger partial charge in [-0.05, 0) is 46.1 Å². The van der Waals surface area contributed by atoms with E-state index in [9.17, 15) is 89.7 Å². The van der Waals surface area contributed by atoms with Crippen molar-refractivity contribution in [3.63, 3.8) is 0 Å². The average molecular weight is 1500 g/mol. The van der Waals surface area contributed by atoms with Crippen LogP contribution in [0.15, 0.2) is 121 Å². The van der Waals surface area contributed by atoms with Crippen LogP contribution in [0.5, 0.6) is 0 Å². The van der Waals surface area contributed by atoms with Gasteiger partial charge in [0, 0.05) is 19.5 Å². The summed E-state index contributed by atoms with van der Waals surface area (Å²) in [4.78, 5) is 54.2. The Morgan fingerprint density at radius 2 is 0.903 bits per heavy atom. The molecular formula is C65H92N4O32P2. The average Bonchev–Trinajstić information content (AvgIpc) is 0.792. The molecule has 0 aliphatic carbocycles. The van der Waals surface area contributed by atoms with Crippen molar-refractivity contribution >= 4 is 33.8 Å². The maximum Gasteiger partial charge on any atom is 0.488 e. The molecular weight excluding hydrogens is 1410 g/mol. The van der Waals surface area contributed by atoms with Gasteiger partial charge in [-0.2, -0.15) is 0 Å². The Bertz CT molecular complexity index is 3070. The molecule has 4 fully saturated rings. The van der Waals surface area contributed by atoms with Crippen LogP contribution in [-0.2, 0) is 116 Å². The number of phosphoric ester groups is 1. The molecule has 22 atom stereocenters. The fraction of sp³-hybridized carbons (Fsp3) is 0.585. The van der Waals surface area contributed by atoms with Gasteiger partial charge in [0.25, 0.3) is 0 Å². The number of phosphoric acid groups is 1. The van der Waals surface area contributed by atoms with Gasteiger partial charge in [-0.3, -0.25) is 32.8 Å². The van der Waals surface area contributed by atoms with Crippen LogP contribution in [0.4, 0.5) is 0 Å².